The molecule has 0 aliphatic heterocycles. The fraction of sp³-hybridized carbons (Fsp3) is 0.190. The van der Waals surface area contributed by atoms with E-state index in [1.54, 1.807) is 24.1 Å². The second-order valence-corrected chi connectivity index (χ2v) is 6.75. The highest BCUT2D eigenvalue weighted by atomic mass is 16.2. The molecule has 1 N–H and O–H groups in total. The molecule has 28 heavy (non-hydrogen) atoms. The van der Waals surface area contributed by atoms with Crippen LogP contribution in [0.3, 0.4) is 0 Å². The number of carbonyl (C=O) groups is 1. The Hall–Kier alpha value is -3.61. The van der Waals surface area contributed by atoms with Gasteiger partial charge in [0.25, 0.3) is 0 Å². The van der Waals surface area contributed by atoms with Crippen LogP contribution in [0.15, 0.2) is 72.0 Å². The number of carbonyl (C=O) groups excluding carboxylic acids is 1. The third-order valence-electron chi connectivity index (χ3n) is 4.76. The van der Waals surface area contributed by atoms with Gasteiger partial charge in [0.1, 0.15) is 6.54 Å². The molecule has 0 fully saturated rings. The lowest BCUT2D eigenvalue weighted by molar-refractivity contribution is -0.121. The van der Waals surface area contributed by atoms with E-state index in [9.17, 15) is 9.59 Å². The molecular formula is C21H21N5O2. The van der Waals surface area contributed by atoms with Gasteiger partial charge in [0.05, 0.1) is 17.4 Å². The van der Waals surface area contributed by atoms with Gasteiger partial charge in [0.2, 0.25) is 5.91 Å². The molecule has 0 radical (unpaired) electrons. The van der Waals surface area contributed by atoms with Crippen LogP contribution < -0.4 is 11.0 Å². The zero-order valence-electron chi connectivity index (χ0n) is 15.6. The van der Waals surface area contributed by atoms with Crippen LogP contribution in [-0.4, -0.2) is 24.6 Å². The van der Waals surface area contributed by atoms with Crippen LogP contribution in [0.5, 0.6) is 0 Å². The normalized spacial score (nSPS) is 11.0. The van der Waals surface area contributed by atoms with Gasteiger partial charge in [-0.15, -0.1) is 0 Å². The average Bonchev–Trinajstić information content (AvgIpc) is 3.30. The smallest absolute Gasteiger partial charge is 0.329 e. The largest absolute Gasteiger partial charge is 0.350 e. The molecule has 4 rings (SSSR count). The van der Waals surface area contributed by atoms with Crippen molar-refractivity contribution in [3.63, 3.8) is 0 Å². The summed E-state index contributed by atoms with van der Waals surface area (Å²) in [6, 6.07) is 15.5. The van der Waals surface area contributed by atoms with E-state index in [-0.39, 0.29) is 18.1 Å². The van der Waals surface area contributed by atoms with Crippen molar-refractivity contribution >= 4 is 16.9 Å². The molecule has 2 heterocycles. The summed E-state index contributed by atoms with van der Waals surface area (Å²) in [4.78, 5) is 28.9. The van der Waals surface area contributed by atoms with Gasteiger partial charge in [-0.2, -0.15) is 0 Å². The minimum Gasteiger partial charge on any atom is -0.350 e. The van der Waals surface area contributed by atoms with Gasteiger partial charge in [0.15, 0.2) is 0 Å². The minimum atomic E-state index is -0.196. The highest BCUT2D eigenvalue weighted by Gasteiger charge is 2.13. The Labute approximate surface area is 161 Å². The molecule has 0 saturated carbocycles. The van der Waals surface area contributed by atoms with E-state index < -0.39 is 0 Å². The van der Waals surface area contributed by atoms with Crippen LogP contribution in [0, 0.1) is 0 Å². The second-order valence-electron chi connectivity index (χ2n) is 6.75. The Morgan fingerprint density at radius 3 is 2.64 bits per heavy atom. The maximum atomic E-state index is 12.4. The van der Waals surface area contributed by atoms with Crippen molar-refractivity contribution in [3.05, 3.63) is 88.9 Å². The molecule has 2 aromatic heterocycles. The highest BCUT2D eigenvalue weighted by Crippen LogP contribution is 2.11. The predicted octanol–water partition coefficient (Wildman–Crippen LogP) is 1.90. The Morgan fingerprint density at radius 2 is 1.86 bits per heavy atom. The molecular weight excluding hydrogens is 354 g/mol. The molecule has 0 aliphatic carbocycles. The van der Waals surface area contributed by atoms with E-state index in [1.165, 1.54) is 4.57 Å². The lowest BCUT2D eigenvalue weighted by Gasteiger charge is -2.09. The van der Waals surface area contributed by atoms with Crippen molar-refractivity contribution in [1.82, 2.24) is 24.0 Å². The van der Waals surface area contributed by atoms with Gasteiger partial charge in [-0.05, 0) is 23.3 Å². The van der Waals surface area contributed by atoms with E-state index in [2.05, 4.69) is 16.4 Å². The van der Waals surface area contributed by atoms with E-state index >= 15 is 0 Å². The molecule has 0 bridgehead atoms. The zero-order chi connectivity index (χ0) is 19.5. The Bertz CT molecular complexity index is 1170. The molecule has 0 aliphatic rings. The van der Waals surface area contributed by atoms with Gasteiger partial charge in [-0.3, -0.25) is 13.9 Å². The maximum absolute atomic E-state index is 12.4. The Kier molecular flexibility index (Phi) is 4.80. The second kappa shape index (κ2) is 7.56. The molecule has 0 saturated heterocycles. The van der Waals surface area contributed by atoms with Crippen molar-refractivity contribution in [2.45, 2.75) is 19.6 Å². The van der Waals surface area contributed by atoms with Crippen LogP contribution in [0.2, 0.25) is 0 Å². The summed E-state index contributed by atoms with van der Waals surface area (Å²) in [6.45, 7) is 1.14. The number of aryl methyl sites for hydroxylation is 1. The first-order valence-corrected chi connectivity index (χ1v) is 9.06. The van der Waals surface area contributed by atoms with Crippen LogP contribution >= 0.6 is 0 Å². The number of rotatable bonds is 6. The predicted molar refractivity (Wildman–Crippen MR) is 107 cm³/mol. The van der Waals surface area contributed by atoms with Crippen molar-refractivity contribution in [1.29, 1.82) is 0 Å². The maximum Gasteiger partial charge on any atom is 0.329 e. The molecule has 142 valence electrons. The van der Waals surface area contributed by atoms with E-state index in [4.69, 9.17) is 0 Å². The molecule has 0 atom stereocenters. The highest BCUT2D eigenvalue weighted by molar-refractivity contribution is 5.80. The third kappa shape index (κ3) is 3.59. The van der Waals surface area contributed by atoms with Crippen molar-refractivity contribution < 1.29 is 4.79 Å². The lowest BCUT2D eigenvalue weighted by Crippen LogP contribution is -2.32. The number of para-hydroxylation sites is 2. The first kappa shape index (κ1) is 17.8. The van der Waals surface area contributed by atoms with Crippen LogP contribution in [0.4, 0.5) is 0 Å². The van der Waals surface area contributed by atoms with Crippen molar-refractivity contribution in [2.24, 2.45) is 7.05 Å². The summed E-state index contributed by atoms with van der Waals surface area (Å²) in [6.07, 6.45) is 5.44. The monoisotopic (exact) mass is 375 g/mol. The standard InChI is InChI=1S/C21H21N5O2/c1-24-18-7-2-3-8-19(18)26(21(24)28)14-20(27)23-12-16-5-4-6-17(11-16)13-25-10-9-22-15-25/h2-11,15H,12-14H2,1H3,(H,23,27). The molecule has 7 nitrogen and oxygen atoms in total. The number of amides is 1. The number of benzene rings is 2. The molecule has 0 spiro atoms. The number of fused-ring (bicyclic) bond motifs is 1. The fourth-order valence-corrected chi connectivity index (χ4v) is 3.35. The average molecular weight is 375 g/mol. The molecule has 2 aromatic carbocycles. The topological polar surface area (TPSA) is 73.8 Å². The van der Waals surface area contributed by atoms with Gasteiger partial charge in [-0.25, -0.2) is 9.78 Å². The first-order chi connectivity index (χ1) is 13.6. The Morgan fingerprint density at radius 1 is 1.07 bits per heavy atom. The zero-order valence-corrected chi connectivity index (χ0v) is 15.6. The van der Waals surface area contributed by atoms with Crippen LogP contribution in [0.1, 0.15) is 11.1 Å². The number of nitrogens with zero attached hydrogens (tertiary/aromatic N) is 4. The minimum absolute atomic E-state index is 0.00505. The van der Waals surface area contributed by atoms with Crippen molar-refractivity contribution in [3.8, 4) is 0 Å². The van der Waals surface area contributed by atoms with Crippen LogP contribution in [-0.2, 0) is 31.5 Å². The third-order valence-corrected chi connectivity index (χ3v) is 4.76. The summed E-state index contributed by atoms with van der Waals surface area (Å²) in [5.41, 5.74) is 3.52. The van der Waals surface area contributed by atoms with Gasteiger partial charge >= 0.3 is 5.69 Å². The van der Waals surface area contributed by atoms with E-state index in [0.29, 0.717) is 6.54 Å². The fourth-order valence-electron chi connectivity index (χ4n) is 3.35. The SMILES string of the molecule is Cn1c(=O)n(CC(=O)NCc2cccc(Cn3ccnc3)c2)c2ccccc21. The number of aromatic nitrogens is 4. The molecule has 4 aromatic rings. The number of imidazole rings is 2. The number of hydrogen-bond acceptors (Lipinski definition) is 3. The van der Waals surface area contributed by atoms with Crippen molar-refractivity contribution in [2.75, 3.05) is 0 Å². The van der Waals surface area contributed by atoms with Gasteiger partial charge in [0, 0.05) is 32.5 Å². The first-order valence-electron chi connectivity index (χ1n) is 9.06. The molecule has 1 amide bonds. The summed E-state index contributed by atoms with van der Waals surface area (Å²) in [5, 5.41) is 2.91. The summed E-state index contributed by atoms with van der Waals surface area (Å²) in [7, 11) is 1.71. The van der Waals surface area contributed by atoms with Gasteiger partial charge < -0.3 is 9.88 Å². The summed E-state index contributed by atoms with van der Waals surface area (Å²) < 4.78 is 5.05. The quantitative estimate of drug-likeness (QED) is 0.559. The molecule has 7 heteroatoms. The number of hydrogen-bond donors (Lipinski definition) is 1. The Balaban J connectivity index is 1.43. The number of nitrogens with one attached hydrogen (secondary N) is 1. The van der Waals surface area contributed by atoms with Gasteiger partial charge in [-0.1, -0.05) is 36.4 Å². The van der Waals surface area contributed by atoms with Crippen LogP contribution in [0.25, 0.3) is 11.0 Å². The van der Waals surface area contributed by atoms with E-state index in [1.807, 2.05) is 53.2 Å². The lowest BCUT2D eigenvalue weighted by atomic mass is 10.1. The summed E-state index contributed by atoms with van der Waals surface area (Å²) >= 11 is 0. The van der Waals surface area contributed by atoms with E-state index in [0.717, 1.165) is 28.7 Å². The molecule has 0 unspecified atom stereocenters. The summed E-state index contributed by atoms with van der Waals surface area (Å²) in [5.74, 6) is -0.196.